The predicted octanol–water partition coefficient (Wildman–Crippen LogP) is 5.30. The summed E-state index contributed by atoms with van der Waals surface area (Å²) < 4.78 is 11.0. The molecule has 31 heavy (non-hydrogen) atoms. The lowest BCUT2D eigenvalue weighted by Crippen LogP contribution is -2.55. The second-order valence-corrected chi connectivity index (χ2v) is 9.18. The normalized spacial score (nSPS) is 23.8. The van der Waals surface area contributed by atoms with Gasteiger partial charge < -0.3 is 24.8 Å². The Morgan fingerprint density at radius 3 is 1.65 bits per heavy atom. The highest BCUT2D eigenvalue weighted by molar-refractivity contribution is 4.87. The summed E-state index contributed by atoms with van der Waals surface area (Å²) in [5.41, 5.74) is 0. The number of aliphatic hydroxyl groups excluding tert-OH is 3. The topological polar surface area (TPSA) is 79.2 Å². The molecule has 0 aliphatic carbocycles. The fourth-order valence-corrected chi connectivity index (χ4v) is 4.30. The first kappa shape index (κ1) is 28.6. The van der Waals surface area contributed by atoms with E-state index in [1.54, 1.807) is 0 Å². The van der Waals surface area contributed by atoms with E-state index in [1.165, 1.54) is 96.3 Å². The molecule has 0 aromatic heterocycles. The van der Waals surface area contributed by atoms with E-state index in [-0.39, 0.29) is 13.2 Å². The monoisotopic (exact) mass is 442 g/mol. The zero-order chi connectivity index (χ0) is 22.6. The molecule has 1 rings (SSSR count). The van der Waals surface area contributed by atoms with Crippen molar-refractivity contribution in [2.24, 2.45) is 0 Å². The molecule has 5 nitrogen and oxygen atoms in total. The van der Waals surface area contributed by atoms with E-state index in [1.807, 2.05) is 6.08 Å². The smallest absolute Gasteiger partial charge is 0.114 e. The second-order valence-electron chi connectivity index (χ2n) is 9.18. The maximum Gasteiger partial charge on any atom is 0.114 e. The third-order valence-corrected chi connectivity index (χ3v) is 6.37. The first-order chi connectivity index (χ1) is 15.2. The molecular weight excluding hydrogens is 392 g/mol. The lowest BCUT2D eigenvalue weighted by Gasteiger charge is -2.37. The van der Waals surface area contributed by atoms with E-state index in [9.17, 15) is 15.3 Å². The Hall–Kier alpha value is -0.460. The van der Waals surface area contributed by atoms with E-state index in [4.69, 9.17) is 9.47 Å². The SMILES string of the molecule is C=CCCCCCCCCCCCCCCCCCCO[C@H]1[C@H](O)[C@@H](O)CO[C@@H]1CO. The van der Waals surface area contributed by atoms with Gasteiger partial charge in [0, 0.05) is 6.61 Å². The minimum Gasteiger partial charge on any atom is -0.394 e. The minimum atomic E-state index is -0.988. The van der Waals surface area contributed by atoms with E-state index < -0.39 is 24.4 Å². The zero-order valence-electron chi connectivity index (χ0n) is 19.9. The van der Waals surface area contributed by atoms with Crippen molar-refractivity contribution in [3.8, 4) is 0 Å². The van der Waals surface area contributed by atoms with E-state index in [0.717, 1.165) is 12.8 Å². The van der Waals surface area contributed by atoms with Gasteiger partial charge in [0.15, 0.2) is 0 Å². The van der Waals surface area contributed by atoms with Crippen molar-refractivity contribution in [2.75, 3.05) is 19.8 Å². The lowest BCUT2D eigenvalue weighted by atomic mass is 10.0. The quantitative estimate of drug-likeness (QED) is 0.166. The van der Waals surface area contributed by atoms with E-state index >= 15 is 0 Å². The van der Waals surface area contributed by atoms with Crippen LogP contribution < -0.4 is 0 Å². The molecule has 0 spiro atoms. The molecule has 0 unspecified atom stereocenters. The molecule has 4 atom stereocenters. The summed E-state index contributed by atoms with van der Waals surface area (Å²) >= 11 is 0. The average Bonchev–Trinajstić information content (AvgIpc) is 2.78. The van der Waals surface area contributed by atoms with Gasteiger partial charge in [-0.15, -0.1) is 6.58 Å². The first-order valence-corrected chi connectivity index (χ1v) is 13.0. The predicted molar refractivity (Wildman–Crippen MR) is 127 cm³/mol. The molecule has 1 saturated heterocycles. The highest BCUT2D eigenvalue weighted by Gasteiger charge is 2.39. The highest BCUT2D eigenvalue weighted by atomic mass is 16.6. The summed E-state index contributed by atoms with van der Waals surface area (Å²) in [6, 6.07) is 0. The Bertz CT molecular complexity index is 401. The molecule has 0 bridgehead atoms. The Kier molecular flexibility index (Phi) is 18.6. The van der Waals surface area contributed by atoms with Gasteiger partial charge in [0.05, 0.1) is 13.2 Å². The van der Waals surface area contributed by atoms with Crippen LogP contribution >= 0.6 is 0 Å². The van der Waals surface area contributed by atoms with Crippen molar-refractivity contribution in [2.45, 2.75) is 134 Å². The van der Waals surface area contributed by atoms with Crippen LogP contribution in [0, 0.1) is 0 Å². The molecule has 3 N–H and O–H groups in total. The number of ether oxygens (including phenoxy) is 2. The van der Waals surface area contributed by atoms with E-state index in [2.05, 4.69) is 6.58 Å². The third-order valence-electron chi connectivity index (χ3n) is 6.37. The molecular formula is C26H50O5. The summed E-state index contributed by atoms with van der Waals surface area (Å²) in [6.45, 7) is 4.14. The van der Waals surface area contributed by atoms with Crippen LogP contribution in [0.15, 0.2) is 12.7 Å². The Morgan fingerprint density at radius 1 is 0.742 bits per heavy atom. The third kappa shape index (κ3) is 14.3. The van der Waals surface area contributed by atoms with Gasteiger partial charge in [-0.1, -0.05) is 96.0 Å². The van der Waals surface area contributed by atoms with Crippen molar-refractivity contribution in [1.82, 2.24) is 0 Å². The van der Waals surface area contributed by atoms with Crippen molar-refractivity contribution in [1.29, 1.82) is 0 Å². The molecule has 184 valence electrons. The molecule has 1 aliphatic rings. The Morgan fingerprint density at radius 2 is 1.19 bits per heavy atom. The van der Waals surface area contributed by atoms with Gasteiger partial charge in [-0.3, -0.25) is 0 Å². The number of rotatable bonds is 21. The molecule has 1 aliphatic heterocycles. The van der Waals surface area contributed by atoms with Crippen molar-refractivity contribution < 1.29 is 24.8 Å². The van der Waals surface area contributed by atoms with Crippen LogP contribution in [-0.2, 0) is 9.47 Å². The van der Waals surface area contributed by atoms with Crippen molar-refractivity contribution in [3.63, 3.8) is 0 Å². The Balaban J connectivity index is 1.80. The van der Waals surface area contributed by atoms with E-state index in [0.29, 0.717) is 6.61 Å². The summed E-state index contributed by atoms with van der Waals surface area (Å²) in [6.07, 6.45) is 21.1. The van der Waals surface area contributed by atoms with Crippen LogP contribution in [0.4, 0.5) is 0 Å². The molecule has 0 aromatic rings. The fraction of sp³-hybridized carbons (Fsp3) is 0.923. The Labute approximate surface area is 191 Å². The molecule has 5 heteroatoms. The van der Waals surface area contributed by atoms with Gasteiger partial charge in [0.1, 0.15) is 24.4 Å². The van der Waals surface area contributed by atoms with Crippen LogP contribution in [0.1, 0.15) is 109 Å². The van der Waals surface area contributed by atoms with Crippen LogP contribution in [0.3, 0.4) is 0 Å². The average molecular weight is 443 g/mol. The molecule has 0 radical (unpaired) electrons. The van der Waals surface area contributed by atoms with Crippen LogP contribution in [0.2, 0.25) is 0 Å². The van der Waals surface area contributed by atoms with Gasteiger partial charge in [-0.05, 0) is 19.3 Å². The van der Waals surface area contributed by atoms with Crippen LogP contribution in [0.5, 0.6) is 0 Å². The second kappa shape index (κ2) is 20.2. The highest BCUT2D eigenvalue weighted by Crippen LogP contribution is 2.19. The number of hydrogen-bond acceptors (Lipinski definition) is 5. The summed E-state index contributed by atoms with van der Waals surface area (Å²) in [7, 11) is 0. The summed E-state index contributed by atoms with van der Waals surface area (Å²) in [4.78, 5) is 0. The maximum absolute atomic E-state index is 10.0. The number of hydrogen-bond donors (Lipinski definition) is 3. The molecule has 0 amide bonds. The van der Waals surface area contributed by atoms with Crippen LogP contribution in [-0.4, -0.2) is 59.6 Å². The van der Waals surface area contributed by atoms with Crippen LogP contribution in [0.25, 0.3) is 0 Å². The molecule has 0 aromatic carbocycles. The minimum absolute atomic E-state index is 0.0446. The largest absolute Gasteiger partial charge is 0.394 e. The molecule has 1 fully saturated rings. The lowest BCUT2D eigenvalue weighted by molar-refractivity contribution is -0.211. The van der Waals surface area contributed by atoms with Crippen molar-refractivity contribution in [3.05, 3.63) is 12.7 Å². The van der Waals surface area contributed by atoms with Gasteiger partial charge >= 0.3 is 0 Å². The number of aliphatic hydroxyl groups is 3. The van der Waals surface area contributed by atoms with Gasteiger partial charge in [-0.25, -0.2) is 0 Å². The first-order valence-electron chi connectivity index (χ1n) is 13.0. The van der Waals surface area contributed by atoms with Gasteiger partial charge in [0.25, 0.3) is 0 Å². The summed E-state index contributed by atoms with van der Waals surface area (Å²) in [5.74, 6) is 0. The fourth-order valence-electron chi connectivity index (χ4n) is 4.30. The molecule has 1 heterocycles. The number of unbranched alkanes of at least 4 members (excludes halogenated alkanes) is 16. The number of allylic oxidation sites excluding steroid dienone is 1. The maximum atomic E-state index is 10.0. The summed E-state index contributed by atoms with van der Waals surface area (Å²) in [5, 5.41) is 29.0. The standard InChI is InChI=1S/C26H50O5/c1-2-3-4-5-6-7-8-9-10-11-12-13-14-15-16-17-18-19-20-30-26-24(21-27)31-22-23(28)25(26)29/h2,23-29H,1,3-22H2/t23-,24+,25+,26+/m0/s1. The zero-order valence-corrected chi connectivity index (χ0v) is 19.9. The van der Waals surface area contributed by atoms with Crippen molar-refractivity contribution >= 4 is 0 Å². The molecule has 0 saturated carbocycles. The van der Waals surface area contributed by atoms with Gasteiger partial charge in [0.2, 0.25) is 0 Å². The van der Waals surface area contributed by atoms with Gasteiger partial charge in [-0.2, -0.15) is 0 Å².